The van der Waals surface area contributed by atoms with Crippen molar-refractivity contribution in [3.05, 3.63) is 30.4 Å². The highest BCUT2D eigenvalue weighted by Gasteiger charge is 2.26. The zero-order valence-electron chi connectivity index (χ0n) is 13.6. The maximum absolute atomic E-state index is 12.4. The van der Waals surface area contributed by atoms with Crippen molar-refractivity contribution in [1.82, 2.24) is 25.3 Å². The van der Waals surface area contributed by atoms with Crippen molar-refractivity contribution in [1.29, 1.82) is 0 Å². The average Bonchev–Trinajstić information content (AvgIpc) is 2.95. The first kappa shape index (κ1) is 17.0. The summed E-state index contributed by atoms with van der Waals surface area (Å²) in [6, 6.07) is 3.55. The standard InChI is InChI=1S/C16H19N5O4/c22-14(21-8-7-18-9-12(10-21)16(23)24)2-1-13-19-15(20-25-13)11-3-5-17-6-4-11/h3-6,12,18H,1-2,7-10H2,(H,23,24)/t12-/m1/s1. The van der Waals surface area contributed by atoms with Gasteiger partial charge in [-0.1, -0.05) is 5.16 Å². The Morgan fingerprint density at radius 3 is 2.92 bits per heavy atom. The molecule has 0 unspecified atom stereocenters. The molecule has 0 bridgehead atoms. The summed E-state index contributed by atoms with van der Waals surface area (Å²) >= 11 is 0. The van der Waals surface area contributed by atoms with Gasteiger partial charge in [0.2, 0.25) is 17.6 Å². The fourth-order valence-electron chi connectivity index (χ4n) is 2.65. The summed E-state index contributed by atoms with van der Waals surface area (Å²) < 4.78 is 5.18. The molecule has 1 aliphatic heterocycles. The molecule has 0 spiro atoms. The summed E-state index contributed by atoms with van der Waals surface area (Å²) in [4.78, 5) is 33.3. The fourth-order valence-corrected chi connectivity index (χ4v) is 2.65. The van der Waals surface area contributed by atoms with Gasteiger partial charge in [0.1, 0.15) is 0 Å². The number of aromatic nitrogens is 3. The van der Waals surface area contributed by atoms with E-state index in [0.717, 1.165) is 5.56 Å². The third-order valence-corrected chi connectivity index (χ3v) is 4.05. The van der Waals surface area contributed by atoms with Gasteiger partial charge in [-0.2, -0.15) is 4.98 Å². The minimum atomic E-state index is -0.897. The number of carboxylic acid groups (broad SMARTS) is 1. The van der Waals surface area contributed by atoms with E-state index in [9.17, 15) is 9.59 Å². The molecule has 0 radical (unpaired) electrons. The third-order valence-electron chi connectivity index (χ3n) is 4.05. The lowest BCUT2D eigenvalue weighted by molar-refractivity contribution is -0.143. The van der Waals surface area contributed by atoms with E-state index in [2.05, 4.69) is 20.4 Å². The fraction of sp³-hybridized carbons (Fsp3) is 0.438. The van der Waals surface area contributed by atoms with Crippen molar-refractivity contribution in [3.8, 4) is 11.4 Å². The van der Waals surface area contributed by atoms with Gasteiger partial charge in [-0.25, -0.2) is 0 Å². The van der Waals surface area contributed by atoms with Crippen LogP contribution >= 0.6 is 0 Å². The molecule has 9 nitrogen and oxygen atoms in total. The molecule has 132 valence electrons. The van der Waals surface area contributed by atoms with Crippen LogP contribution in [0.2, 0.25) is 0 Å². The second-order valence-corrected chi connectivity index (χ2v) is 5.83. The Labute approximate surface area is 144 Å². The second kappa shape index (κ2) is 7.84. The molecule has 1 fully saturated rings. The summed E-state index contributed by atoms with van der Waals surface area (Å²) in [5, 5.41) is 16.1. The van der Waals surface area contributed by atoms with E-state index in [0.29, 0.717) is 37.8 Å². The Hall–Kier alpha value is -2.81. The van der Waals surface area contributed by atoms with E-state index in [1.54, 1.807) is 29.4 Å². The van der Waals surface area contributed by atoms with Crippen molar-refractivity contribution in [2.45, 2.75) is 12.8 Å². The van der Waals surface area contributed by atoms with Crippen LogP contribution in [0.5, 0.6) is 0 Å². The number of carbonyl (C=O) groups is 2. The van der Waals surface area contributed by atoms with E-state index in [1.807, 2.05) is 0 Å². The van der Waals surface area contributed by atoms with Crippen LogP contribution in [0.25, 0.3) is 11.4 Å². The predicted molar refractivity (Wildman–Crippen MR) is 86.4 cm³/mol. The van der Waals surface area contributed by atoms with Gasteiger partial charge < -0.3 is 19.8 Å². The SMILES string of the molecule is O=C(O)[C@@H]1CNCCN(C(=O)CCc2nc(-c3ccncc3)no2)C1. The number of carboxylic acids is 1. The zero-order valence-corrected chi connectivity index (χ0v) is 13.6. The van der Waals surface area contributed by atoms with Crippen LogP contribution in [0.1, 0.15) is 12.3 Å². The maximum Gasteiger partial charge on any atom is 0.309 e. The number of aryl methyl sites for hydroxylation is 1. The molecule has 2 N–H and O–H groups in total. The number of rotatable bonds is 5. The van der Waals surface area contributed by atoms with Gasteiger partial charge in [0.25, 0.3) is 0 Å². The van der Waals surface area contributed by atoms with Gasteiger partial charge in [0, 0.05) is 57.0 Å². The molecule has 0 saturated carbocycles. The Kier molecular flexibility index (Phi) is 5.34. The van der Waals surface area contributed by atoms with E-state index < -0.39 is 11.9 Å². The van der Waals surface area contributed by atoms with Gasteiger partial charge >= 0.3 is 5.97 Å². The zero-order chi connectivity index (χ0) is 17.6. The van der Waals surface area contributed by atoms with Gasteiger partial charge in [0.05, 0.1) is 5.92 Å². The molecule has 3 heterocycles. The minimum absolute atomic E-state index is 0.112. The lowest BCUT2D eigenvalue weighted by atomic mass is 10.1. The summed E-state index contributed by atoms with van der Waals surface area (Å²) in [6.07, 6.45) is 3.80. The molecule has 3 rings (SSSR count). The molecule has 0 aliphatic carbocycles. The Morgan fingerprint density at radius 2 is 2.16 bits per heavy atom. The van der Waals surface area contributed by atoms with Crippen LogP contribution in [-0.2, 0) is 16.0 Å². The van der Waals surface area contributed by atoms with Crippen LogP contribution in [0.15, 0.2) is 29.0 Å². The largest absolute Gasteiger partial charge is 0.481 e. The van der Waals surface area contributed by atoms with Crippen molar-refractivity contribution < 1.29 is 19.2 Å². The third kappa shape index (κ3) is 4.38. The Bertz CT molecular complexity index is 733. The quantitative estimate of drug-likeness (QED) is 0.788. The summed E-state index contributed by atoms with van der Waals surface area (Å²) in [7, 11) is 0. The number of hydrogen-bond donors (Lipinski definition) is 2. The molecule has 25 heavy (non-hydrogen) atoms. The average molecular weight is 345 g/mol. The van der Waals surface area contributed by atoms with Crippen molar-refractivity contribution in [3.63, 3.8) is 0 Å². The highest BCUT2D eigenvalue weighted by Crippen LogP contribution is 2.15. The summed E-state index contributed by atoms with van der Waals surface area (Å²) in [5.41, 5.74) is 0.791. The first-order valence-electron chi connectivity index (χ1n) is 8.08. The van der Waals surface area contributed by atoms with E-state index in [-0.39, 0.29) is 18.9 Å². The van der Waals surface area contributed by atoms with Gasteiger partial charge in [0.15, 0.2) is 0 Å². The van der Waals surface area contributed by atoms with Crippen molar-refractivity contribution in [2.24, 2.45) is 5.92 Å². The van der Waals surface area contributed by atoms with Crippen LogP contribution in [0.4, 0.5) is 0 Å². The molecule has 0 aromatic carbocycles. The van der Waals surface area contributed by atoms with E-state index in [1.165, 1.54) is 0 Å². The van der Waals surface area contributed by atoms with Gasteiger partial charge in [-0.3, -0.25) is 14.6 Å². The molecular weight excluding hydrogens is 326 g/mol. The Balaban J connectivity index is 1.57. The monoisotopic (exact) mass is 345 g/mol. The minimum Gasteiger partial charge on any atom is -0.481 e. The van der Waals surface area contributed by atoms with Crippen LogP contribution < -0.4 is 5.32 Å². The highest BCUT2D eigenvalue weighted by molar-refractivity contribution is 5.78. The first-order valence-corrected chi connectivity index (χ1v) is 8.08. The number of nitrogens with one attached hydrogen (secondary N) is 1. The maximum atomic E-state index is 12.4. The van der Waals surface area contributed by atoms with Crippen molar-refractivity contribution in [2.75, 3.05) is 26.2 Å². The van der Waals surface area contributed by atoms with E-state index in [4.69, 9.17) is 9.63 Å². The number of carbonyl (C=O) groups excluding carboxylic acids is 1. The van der Waals surface area contributed by atoms with Crippen LogP contribution in [0.3, 0.4) is 0 Å². The normalized spacial score (nSPS) is 17.9. The number of aliphatic carboxylic acids is 1. The molecule has 1 amide bonds. The number of nitrogens with zero attached hydrogens (tertiary/aromatic N) is 4. The summed E-state index contributed by atoms with van der Waals surface area (Å²) in [6.45, 7) is 1.67. The van der Waals surface area contributed by atoms with E-state index >= 15 is 0 Å². The van der Waals surface area contributed by atoms with Gasteiger partial charge in [-0.15, -0.1) is 0 Å². The van der Waals surface area contributed by atoms with Crippen LogP contribution in [0, 0.1) is 5.92 Å². The molecule has 1 atom stereocenters. The lowest BCUT2D eigenvalue weighted by Crippen LogP contribution is -2.38. The number of amides is 1. The molecule has 9 heteroatoms. The highest BCUT2D eigenvalue weighted by atomic mass is 16.5. The summed E-state index contributed by atoms with van der Waals surface area (Å²) in [5.74, 6) is -0.768. The smallest absolute Gasteiger partial charge is 0.309 e. The lowest BCUT2D eigenvalue weighted by Gasteiger charge is -2.22. The molecule has 2 aromatic heterocycles. The number of pyridine rings is 1. The Morgan fingerprint density at radius 1 is 1.36 bits per heavy atom. The predicted octanol–water partition coefficient (Wildman–Crippen LogP) is 0.197. The topological polar surface area (TPSA) is 121 Å². The molecule has 2 aromatic rings. The van der Waals surface area contributed by atoms with Crippen molar-refractivity contribution >= 4 is 11.9 Å². The molecule has 1 aliphatic rings. The molecular formula is C16H19N5O4. The second-order valence-electron chi connectivity index (χ2n) is 5.83. The van der Waals surface area contributed by atoms with Gasteiger partial charge in [-0.05, 0) is 12.1 Å². The van der Waals surface area contributed by atoms with Crippen LogP contribution in [-0.4, -0.2) is 63.2 Å². The number of hydrogen-bond acceptors (Lipinski definition) is 7. The first-order chi connectivity index (χ1) is 12.1. The molecule has 1 saturated heterocycles.